The van der Waals surface area contributed by atoms with Gasteiger partial charge in [0.15, 0.2) is 11.5 Å². The average Bonchev–Trinajstić information content (AvgIpc) is 3.21. The Morgan fingerprint density at radius 2 is 2.06 bits per heavy atom. The summed E-state index contributed by atoms with van der Waals surface area (Å²) in [6.45, 7) is 6.79. The van der Waals surface area contributed by atoms with Crippen LogP contribution in [0.2, 0.25) is 0 Å². The van der Waals surface area contributed by atoms with Gasteiger partial charge in [0, 0.05) is 35.5 Å². The summed E-state index contributed by atoms with van der Waals surface area (Å²) in [5.41, 5.74) is 1.32. The molecule has 1 aliphatic heterocycles. The molecular formula is C25H37N3O5S. The first-order chi connectivity index (χ1) is 16.4. The van der Waals surface area contributed by atoms with Gasteiger partial charge in [0.2, 0.25) is 11.8 Å². The van der Waals surface area contributed by atoms with Crippen molar-refractivity contribution in [3.8, 4) is 23.0 Å². The molecule has 1 amide bonds. The number of nitrogens with zero attached hydrogens (tertiary/aromatic N) is 2. The number of likely N-dealkylation sites (tertiary alicyclic amines) is 1. The van der Waals surface area contributed by atoms with Crippen molar-refractivity contribution in [2.45, 2.75) is 57.7 Å². The summed E-state index contributed by atoms with van der Waals surface area (Å²) >= 11 is 0. The maximum Gasteiger partial charge on any atom is 0.232 e. The van der Waals surface area contributed by atoms with Gasteiger partial charge in [-0.1, -0.05) is 13.3 Å². The van der Waals surface area contributed by atoms with E-state index >= 15 is 0 Å². The highest BCUT2D eigenvalue weighted by atomic mass is 32.2. The molecule has 0 radical (unpaired) electrons. The fourth-order valence-electron chi connectivity index (χ4n) is 4.38. The van der Waals surface area contributed by atoms with E-state index in [-0.39, 0.29) is 17.4 Å². The molecular weight excluding hydrogens is 454 g/mol. The molecule has 1 aromatic carbocycles. The van der Waals surface area contributed by atoms with Gasteiger partial charge in [0.05, 0.1) is 25.7 Å². The van der Waals surface area contributed by atoms with Gasteiger partial charge in [0.25, 0.3) is 0 Å². The Morgan fingerprint density at radius 1 is 1.26 bits per heavy atom. The summed E-state index contributed by atoms with van der Waals surface area (Å²) < 4.78 is 29.0. The standard InChI is InChI=1S/C25H37N3O5S/c1-5-20-9-6-7-13-28(20)14-8-12-26-24(29)17-34(30)16-21-18(2)33-25(27-21)19-10-11-22(31-3)23(15-19)32-4/h10-11,15,20H,5-9,12-14,16-17H2,1-4H3,(H,26,29)/t20-,34-/m1/s1. The highest BCUT2D eigenvalue weighted by Gasteiger charge is 2.20. The Bertz CT molecular complexity index is 977. The predicted octanol–water partition coefficient (Wildman–Crippen LogP) is 3.69. The van der Waals surface area contributed by atoms with Crippen molar-refractivity contribution < 1.29 is 22.9 Å². The number of oxazole rings is 1. The van der Waals surface area contributed by atoms with Crippen LogP contribution in [0.15, 0.2) is 22.6 Å². The monoisotopic (exact) mass is 491 g/mol. The third-order valence-corrected chi connectivity index (χ3v) is 7.46. The number of piperidine rings is 1. The number of carbonyl (C=O) groups is 1. The van der Waals surface area contributed by atoms with E-state index in [1.54, 1.807) is 33.3 Å². The van der Waals surface area contributed by atoms with E-state index in [0.717, 1.165) is 25.1 Å². The molecule has 1 N–H and O–H groups in total. The highest BCUT2D eigenvalue weighted by Crippen LogP contribution is 2.32. The lowest BCUT2D eigenvalue weighted by Gasteiger charge is -2.35. The quantitative estimate of drug-likeness (QED) is 0.453. The van der Waals surface area contributed by atoms with Crippen molar-refractivity contribution in [3.63, 3.8) is 0 Å². The van der Waals surface area contributed by atoms with Crippen LogP contribution in [0.25, 0.3) is 11.5 Å². The van der Waals surface area contributed by atoms with E-state index in [2.05, 4.69) is 22.1 Å². The van der Waals surface area contributed by atoms with Crippen LogP contribution in [0.5, 0.6) is 11.5 Å². The van der Waals surface area contributed by atoms with Crippen molar-refractivity contribution in [1.29, 1.82) is 0 Å². The van der Waals surface area contributed by atoms with Crippen molar-refractivity contribution in [1.82, 2.24) is 15.2 Å². The van der Waals surface area contributed by atoms with Gasteiger partial charge in [-0.2, -0.15) is 0 Å². The van der Waals surface area contributed by atoms with Gasteiger partial charge in [-0.3, -0.25) is 9.00 Å². The predicted molar refractivity (Wildman–Crippen MR) is 134 cm³/mol. The Labute approximate surface area is 204 Å². The fraction of sp³-hybridized carbons (Fsp3) is 0.600. The lowest BCUT2D eigenvalue weighted by molar-refractivity contribution is -0.118. The van der Waals surface area contributed by atoms with Crippen LogP contribution in [0.1, 0.15) is 50.5 Å². The molecule has 2 heterocycles. The number of ether oxygens (including phenoxy) is 2. The van der Waals surface area contributed by atoms with Crippen LogP contribution < -0.4 is 14.8 Å². The molecule has 1 aromatic heterocycles. The normalized spacial score (nSPS) is 17.4. The molecule has 9 heteroatoms. The summed E-state index contributed by atoms with van der Waals surface area (Å²) in [6.07, 6.45) is 5.94. The number of hydrogen-bond acceptors (Lipinski definition) is 7. The van der Waals surface area contributed by atoms with Gasteiger partial charge in [0.1, 0.15) is 11.5 Å². The third-order valence-electron chi connectivity index (χ3n) is 6.28. The number of carbonyl (C=O) groups excluding carboxylic acids is 1. The minimum absolute atomic E-state index is 0.0424. The van der Waals surface area contributed by atoms with Crippen molar-refractivity contribution >= 4 is 16.7 Å². The van der Waals surface area contributed by atoms with Gasteiger partial charge in [-0.25, -0.2) is 4.98 Å². The SMILES string of the molecule is CC[C@@H]1CCCCN1CCCNC(=O)C[S@](=O)Cc1nc(-c2ccc(OC)c(OC)c2)oc1C. The molecule has 0 saturated carbocycles. The van der Waals surface area contributed by atoms with Gasteiger partial charge < -0.3 is 24.1 Å². The number of hydrogen-bond donors (Lipinski definition) is 1. The van der Waals surface area contributed by atoms with Crippen molar-refractivity contribution in [3.05, 3.63) is 29.7 Å². The minimum Gasteiger partial charge on any atom is -0.493 e. The summed E-state index contributed by atoms with van der Waals surface area (Å²) in [5, 5.41) is 2.91. The largest absolute Gasteiger partial charge is 0.493 e. The zero-order chi connectivity index (χ0) is 24.5. The van der Waals surface area contributed by atoms with E-state index in [4.69, 9.17) is 13.9 Å². The molecule has 8 nitrogen and oxygen atoms in total. The lowest BCUT2D eigenvalue weighted by atomic mass is 10.00. The molecule has 0 spiro atoms. The second-order valence-electron chi connectivity index (χ2n) is 8.62. The number of methoxy groups -OCH3 is 2. The van der Waals surface area contributed by atoms with Crippen LogP contribution in [-0.2, 0) is 21.3 Å². The van der Waals surface area contributed by atoms with Crippen LogP contribution in [-0.4, -0.2) is 65.6 Å². The lowest BCUT2D eigenvalue weighted by Crippen LogP contribution is -2.40. The Kier molecular flexibility index (Phi) is 9.95. The summed E-state index contributed by atoms with van der Waals surface area (Å²) in [5.74, 6) is 2.13. The van der Waals surface area contributed by atoms with Gasteiger partial charge in [-0.15, -0.1) is 0 Å². The molecule has 0 unspecified atom stereocenters. The van der Waals surface area contributed by atoms with Crippen LogP contribution >= 0.6 is 0 Å². The summed E-state index contributed by atoms with van der Waals surface area (Å²) in [7, 11) is 1.77. The second kappa shape index (κ2) is 12.9. The van der Waals surface area contributed by atoms with E-state index in [1.165, 1.54) is 25.7 Å². The molecule has 0 bridgehead atoms. The first kappa shape index (κ1) is 26.2. The van der Waals surface area contributed by atoms with E-state index < -0.39 is 10.8 Å². The second-order valence-corrected chi connectivity index (χ2v) is 10.1. The molecule has 2 atom stereocenters. The number of rotatable bonds is 12. The molecule has 34 heavy (non-hydrogen) atoms. The van der Waals surface area contributed by atoms with Crippen molar-refractivity contribution in [2.24, 2.45) is 0 Å². The first-order valence-electron chi connectivity index (χ1n) is 12.0. The average molecular weight is 492 g/mol. The highest BCUT2D eigenvalue weighted by molar-refractivity contribution is 7.84. The Balaban J connectivity index is 1.46. The summed E-state index contributed by atoms with van der Waals surface area (Å²) in [6, 6.07) is 6.06. The fourth-order valence-corrected chi connectivity index (χ4v) is 5.45. The number of aryl methyl sites for hydroxylation is 1. The van der Waals surface area contributed by atoms with Crippen LogP contribution in [0.3, 0.4) is 0 Å². The topological polar surface area (TPSA) is 93.9 Å². The molecule has 2 aromatic rings. The number of amides is 1. The molecule has 188 valence electrons. The smallest absolute Gasteiger partial charge is 0.232 e. The molecule has 0 aliphatic carbocycles. The molecule has 1 fully saturated rings. The zero-order valence-corrected chi connectivity index (χ0v) is 21.5. The third kappa shape index (κ3) is 7.06. The molecule has 3 rings (SSSR count). The van der Waals surface area contributed by atoms with Crippen LogP contribution in [0.4, 0.5) is 0 Å². The number of aromatic nitrogens is 1. The van der Waals surface area contributed by atoms with E-state index in [1.807, 2.05) is 6.07 Å². The zero-order valence-electron chi connectivity index (χ0n) is 20.7. The summed E-state index contributed by atoms with van der Waals surface area (Å²) in [4.78, 5) is 19.3. The van der Waals surface area contributed by atoms with E-state index in [9.17, 15) is 9.00 Å². The number of nitrogens with one attached hydrogen (secondary N) is 1. The maximum absolute atomic E-state index is 12.6. The minimum atomic E-state index is -1.37. The van der Waals surface area contributed by atoms with Gasteiger partial charge in [-0.05, 0) is 57.4 Å². The van der Waals surface area contributed by atoms with Gasteiger partial charge >= 0.3 is 0 Å². The first-order valence-corrected chi connectivity index (χ1v) is 13.5. The van der Waals surface area contributed by atoms with E-state index in [0.29, 0.717) is 41.4 Å². The Hall–Kier alpha value is -2.39. The Morgan fingerprint density at radius 3 is 2.79 bits per heavy atom. The van der Waals surface area contributed by atoms with Crippen molar-refractivity contribution in [2.75, 3.05) is 39.6 Å². The van der Waals surface area contributed by atoms with Crippen LogP contribution in [0, 0.1) is 6.92 Å². The maximum atomic E-state index is 12.6. The molecule has 1 saturated heterocycles. The number of benzene rings is 1. The molecule has 1 aliphatic rings.